The minimum atomic E-state index is -0.00804. The van der Waals surface area contributed by atoms with E-state index >= 15 is 0 Å². The lowest BCUT2D eigenvalue weighted by atomic mass is 10.1. The van der Waals surface area contributed by atoms with E-state index in [1.165, 1.54) is 29.0 Å². The van der Waals surface area contributed by atoms with Gasteiger partial charge in [-0.3, -0.25) is 4.99 Å². The summed E-state index contributed by atoms with van der Waals surface area (Å²) in [4.78, 5) is 5.47. The van der Waals surface area contributed by atoms with E-state index in [1.54, 1.807) is 6.07 Å². The van der Waals surface area contributed by atoms with Gasteiger partial charge < -0.3 is 10.2 Å². The first-order chi connectivity index (χ1) is 12.8. The predicted octanol–water partition coefficient (Wildman–Crippen LogP) is 4.52. The maximum Gasteiger partial charge on any atom is 0.206 e. The first-order valence-corrected chi connectivity index (χ1v) is 9.62. The number of aromatic nitrogens is 1. The van der Waals surface area contributed by atoms with E-state index < -0.39 is 0 Å². The van der Waals surface area contributed by atoms with E-state index in [-0.39, 0.29) is 17.5 Å². The van der Waals surface area contributed by atoms with Crippen molar-refractivity contribution in [2.75, 3.05) is 0 Å². The molecule has 0 fully saturated rings. The van der Waals surface area contributed by atoms with E-state index in [9.17, 15) is 10.2 Å². The molecule has 2 aromatic carbocycles. The van der Waals surface area contributed by atoms with Crippen LogP contribution in [0.15, 0.2) is 57.9 Å². The molecule has 0 atom stereocenters. The summed E-state index contributed by atoms with van der Waals surface area (Å²) in [6.07, 6.45) is 0. The maximum absolute atomic E-state index is 10.2. The molecule has 0 amide bonds. The lowest BCUT2D eigenvalue weighted by molar-refractivity contribution is 0.450. The number of hydrogen-bond donors (Lipinski definition) is 2. The minimum Gasteiger partial charge on any atom is -0.508 e. The number of phenols is 2. The third-order valence-electron chi connectivity index (χ3n) is 4.02. The van der Waals surface area contributed by atoms with E-state index in [0.29, 0.717) is 11.3 Å². The van der Waals surface area contributed by atoms with Crippen molar-refractivity contribution in [3.63, 3.8) is 0 Å². The molecular weight excluding hydrogens is 358 g/mol. The van der Waals surface area contributed by atoms with E-state index in [4.69, 9.17) is 5.10 Å². The Morgan fingerprint density at radius 2 is 1.78 bits per heavy atom. The molecule has 0 spiro atoms. The number of aromatic hydroxyl groups is 2. The molecule has 0 saturated carbocycles. The van der Waals surface area contributed by atoms with E-state index in [2.05, 4.69) is 36.2 Å². The van der Waals surface area contributed by atoms with Crippen molar-refractivity contribution >= 4 is 17.0 Å². The molecule has 0 unspecified atom stereocenters. The Kier molecular flexibility index (Phi) is 5.46. The summed E-state index contributed by atoms with van der Waals surface area (Å²) in [6, 6.07) is 12.9. The standard InChI is InChI=1S/C21H23N3O2S/c1-13(2)22-21-24(19(12-27-21)16-7-5-14(3)6-8-16)23-15(4)18-10-9-17(25)11-20(18)26/h5-13,25-26H,1-4H3. The van der Waals surface area contributed by atoms with Crippen LogP contribution in [0.3, 0.4) is 0 Å². The van der Waals surface area contributed by atoms with Gasteiger partial charge in [-0.15, -0.1) is 11.3 Å². The molecule has 6 heteroatoms. The molecule has 0 aliphatic rings. The van der Waals surface area contributed by atoms with Crippen molar-refractivity contribution in [2.24, 2.45) is 10.1 Å². The van der Waals surface area contributed by atoms with Crippen molar-refractivity contribution in [3.8, 4) is 22.8 Å². The van der Waals surface area contributed by atoms with Crippen molar-refractivity contribution in [1.29, 1.82) is 0 Å². The highest BCUT2D eigenvalue weighted by Gasteiger charge is 2.11. The van der Waals surface area contributed by atoms with Crippen molar-refractivity contribution in [2.45, 2.75) is 33.7 Å². The SMILES string of the molecule is CC(=Nn1c(-c2ccc(C)cc2)csc1=NC(C)C)c1ccc(O)cc1O. The van der Waals surface area contributed by atoms with Gasteiger partial charge in [0.15, 0.2) is 0 Å². The van der Waals surface area contributed by atoms with Gasteiger partial charge in [0, 0.05) is 28.6 Å². The van der Waals surface area contributed by atoms with Crippen LogP contribution in [-0.2, 0) is 0 Å². The number of nitrogens with zero attached hydrogens (tertiary/aromatic N) is 3. The second-order valence-electron chi connectivity index (χ2n) is 6.69. The molecular formula is C21H23N3O2S. The van der Waals surface area contributed by atoms with Crippen LogP contribution >= 0.6 is 11.3 Å². The number of thiazole rings is 1. The quantitative estimate of drug-likeness (QED) is 0.653. The molecule has 1 aromatic heterocycles. The molecule has 1 heterocycles. The first kappa shape index (κ1) is 18.9. The van der Waals surface area contributed by atoms with Crippen LogP contribution in [0, 0.1) is 6.92 Å². The predicted molar refractivity (Wildman–Crippen MR) is 111 cm³/mol. The molecule has 2 N–H and O–H groups in total. The molecule has 3 rings (SSSR count). The third kappa shape index (κ3) is 4.28. The van der Waals surface area contributed by atoms with Crippen molar-refractivity contribution in [1.82, 2.24) is 4.68 Å². The molecule has 5 nitrogen and oxygen atoms in total. The lowest BCUT2D eigenvalue weighted by Gasteiger charge is -2.08. The molecule has 140 valence electrons. The van der Waals surface area contributed by atoms with Crippen LogP contribution < -0.4 is 4.80 Å². The molecule has 27 heavy (non-hydrogen) atoms. The van der Waals surface area contributed by atoms with Crippen LogP contribution in [0.2, 0.25) is 0 Å². The summed E-state index contributed by atoms with van der Waals surface area (Å²) >= 11 is 1.53. The fraction of sp³-hybridized carbons (Fsp3) is 0.238. The Morgan fingerprint density at radius 3 is 2.41 bits per heavy atom. The van der Waals surface area contributed by atoms with Crippen molar-refractivity contribution in [3.05, 3.63) is 63.8 Å². The normalized spacial score (nSPS) is 12.8. The number of rotatable bonds is 4. The van der Waals surface area contributed by atoms with Gasteiger partial charge in [0.2, 0.25) is 4.80 Å². The summed E-state index contributed by atoms with van der Waals surface area (Å²) in [5, 5.41) is 26.4. The number of phenolic OH excluding ortho intramolecular Hbond substituents is 2. The van der Waals surface area contributed by atoms with Gasteiger partial charge in [0.05, 0.1) is 11.4 Å². The first-order valence-electron chi connectivity index (χ1n) is 8.74. The highest BCUT2D eigenvalue weighted by molar-refractivity contribution is 7.07. The highest BCUT2D eigenvalue weighted by Crippen LogP contribution is 2.25. The van der Waals surface area contributed by atoms with Gasteiger partial charge in [0.25, 0.3) is 0 Å². The fourth-order valence-electron chi connectivity index (χ4n) is 2.66. The van der Waals surface area contributed by atoms with Gasteiger partial charge in [-0.05, 0) is 39.8 Å². The molecule has 3 aromatic rings. The van der Waals surface area contributed by atoms with Crippen LogP contribution in [0.4, 0.5) is 0 Å². The number of aryl methyl sites for hydroxylation is 1. The van der Waals surface area contributed by atoms with Gasteiger partial charge in [-0.2, -0.15) is 5.10 Å². The smallest absolute Gasteiger partial charge is 0.206 e. The Morgan fingerprint density at radius 1 is 1.07 bits per heavy atom. The van der Waals surface area contributed by atoms with Crippen LogP contribution in [-0.4, -0.2) is 26.6 Å². The molecule has 0 bridgehead atoms. The monoisotopic (exact) mass is 381 g/mol. The largest absolute Gasteiger partial charge is 0.508 e. The van der Waals surface area contributed by atoms with Gasteiger partial charge in [-0.25, -0.2) is 4.68 Å². The van der Waals surface area contributed by atoms with Crippen LogP contribution in [0.1, 0.15) is 31.9 Å². The fourth-order valence-corrected chi connectivity index (χ4v) is 3.62. The molecule has 0 aliphatic carbocycles. The Balaban J connectivity index is 2.17. The zero-order chi connectivity index (χ0) is 19.6. The minimum absolute atomic E-state index is 0.00804. The van der Waals surface area contributed by atoms with Crippen molar-refractivity contribution < 1.29 is 10.2 Å². The maximum atomic E-state index is 10.2. The zero-order valence-corrected chi connectivity index (χ0v) is 16.7. The average Bonchev–Trinajstić information content (AvgIpc) is 2.97. The third-order valence-corrected chi connectivity index (χ3v) is 4.85. The van der Waals surface area contributed by atoms with E-state index in [1.807, 2.05) is 30.8 Å². The zero-order valence-electron chi connectivity index (χ0n) is 15.8. The summed E-state index contributed by atoms with van der Waals surface area (Å²) in [5.41, 5.74) is 4.38. The summed E-state index contributed by atoms with van der Waals surface area (Å²) in [5.74, 6) is 0.00870. The topological polar surface area (TPSA) is 70.1 Å². The second-order valence-corrected chi connectivity index (χ2v) is 7.53. The summed E-state index contributed by atoms with van der Waals surface area (Å²) < 4.78 is 1.82. The Bertz CT molecular complexity index is 1040. The van der Waals surface area contributed by atoms with Gasteiger partial charge >= 0.3 is 0 Å². The highest BCUT2D eigenvalue weighted by atomic mass is 32.1. The van der Waals surface area contributed by atoms with Gasteiger partial charge in [0.1, 0.15) is 11.5 Å². The molecule has 0 aliphatic heterocycles. The van der Waals surface area contributed by atoms with Crippen LogP contribution in [0.5, 0.6) is 11.5 Å². The average molecular weight is 382 g/mol. The molecule has 0 radical (unpaired) electrons. The summed E-state index contributed by atoms with van der Waals surface area (Å²) in [7, 11) is 0. The number of benzene rings is 2. The second kappa shape index (κ2) is 7.80. The number of hydrogen-bond acceptors (Lipinski definition) is 5. The lowest BCUT2D eigenvalue weighted by Crippen LogP contribution is -2.16. The van der Waals surface area contributed by atoms with E-state index in [0.717, 1.165) is 16.1 Å². The molecule has 0 saturated heterocycles. The van der Waals surface area contributed by atoms with Gasteiger partial charge in [-0.1, -0.05) is 29.8 Å². The Labute approximate surface area is 162 Å². The Hall–Kier alpha value is -2.86. The van der Waals surface area contributed by atoms with Crippen LogP contribution in [0.25, 0.3) is 11.3 Å². The summed E-state index contributed by atoms with van der Waals surface area (Å²) in [6.45, 7) is 7.94.